The fourth-order valence-electron chi connectivity index (χ4n) is 0.131. The van der Waals surface area contributed by atoms with Gasteiger partial charge in [-0.2, -0.15) is 0 Å². The van der Waals surface area contributed by atoms with E-state index in [0.717, 1.165) is 0 Å². The Bertz CT molecular complexity index is 174. The maximum absolute atomic E-state index is 9.83. The molecule has 0 bridgehead atoms. The van der Waals surface area contributed by atoms with Crippen LogP contribution in [-0.4, -0.2) is 27.3 Å². The summed E-state index contributed by atoms with van der Waals surface area (Å²) >= 11 is 0. The van der Waals surface area contributed by atoms with Gasteiger partial charge in [0, 0.05) is 0 Å². The molecular weight excluding hydrogens is 201 g/mol. The quantitative estimate of drug-likeness (QED) is 0.329. The van der Waals surface area contributed by atoms with Crippen molar-refractivity contribution in [2.45, 2.75) is 0 Å². The fraction of sp³-hybridized carbons (Fsp3) is 0. The Labute approximate surface area is 61.9 Å². The predicted octanol–water partition coefficient (Wildman–Crippen LogP) is -1.26. The summed E-state index contributed by atoms with van der Waals surface area (Å²) in [5, 5.41) is 0. The van der Waals surface area contributed by atoms with Crippen LogP contribution < -0.4 is 0 Å². The van der Waals surface area contributed by atoms with E-state index in [0.29, 0.717) is 0 Å². The second-order valence-corrected chi connectivity index (χ2v) is 3.67. The SMILES string of the molecule is O=P(O)(O)O[B]OP(=O)(O)O. The summed E-state index contributed by atoms with van der Waals surface area (Å²) in [4.78, 5) is 31.8. The van der Waals surface area contributed by atoms with Crippen molar-refractivity contribution in [3.63, 3.8) is 0 Å². The Hall–Kier alpha value is 0.285. The van der Waals surface area contributed by atoms with E-state index < -0.39 is 15.6 Å². The summed E-state index contributed by atoms with van der Waals surface area (Å²) in [5.41, 5.74) is 0. The summed E-state index contributed by atoms with van der Waals surface area (Å²) in [5.74, 6) is 0. The minimum Gasteiger partial charge on any atom is -0.319 e. The lowest BCUT2D eigenvalue weighted by Gasteiger charge is -2.04. The van der Waals surface area contributed by atoms with E-state index in [1.807, 2.05) is 0 Å². The van der Waals surface area contributed by atoms with E-state index >= 15 is 0 Å². The van der Waals surface area contributed by atoms with E-state index in [2.05, 4.69) is 8.88 Å². The normalized spacial score (nSPS) is 13.1. The van der Waals surface area contributed by atoms with Gasteiger partial charge in [0.05, 0.1) is 0 Å². The van der Waals surface area contributed by atoms with E-state index in [9.17, 15) is 9.13 Å². The lowest BCUT2D eigenvalue weighted by molar-refractivity contribution is 0.249. The standard InChI is InChI=1S/BH4O8P2/c2-10(3,4)8-1-9-11(5,6)7/h(H2,2,3,4)(H2,5,6,7). The Morgan fingerprint density at radius 1 is 0.909 bits per heavy atom. The van der Waals surface area contributed by atoms with Crippen molar-refractivity contribution >= 4 is 23.3 Å². The average molecular weight is 205 g/mol. The van der Waals surface area contributed by atoms with Gasteiger partial charge in [0.25, 0.3) is 0 Å². The third-order valence-corrected chi connectivity index (χ3v) is 1.08. The molecule has 1 radical (unpaired) electrons. The minimum absolute atomic E-state index is 0.110. The summed E-state index contributed by atoms with van der Waals surface area (Å²) < 4.78 is 26.5. The third kappa shape index (κ3) is 10.3. The molecule has 0 aromatic rings. The van der Waals surface area contributed by atoms with Crippen LogP contribution in [0.5, 0.6) is 0 Å². The largest absolute Gasteiger partial charge is 0.505 e. The van der Waals surface area contributed by atoms with Crippen LogP contribution in [0.2, 0.25) is 0 Å². The molecular formula is H4BO8P2. The molecule has 0 atom stereocenters. The van der Waals surface area contributed by atoms with Crippen molar-refractivity contribution in [3.8, 4) is 0 Å². The molecule has 0 spiro atoms. The van der Waals surface area contributed by atoms with Gasteiger partial charge in [0.15, 0.2) is 0 Å². The van der Waals surface area contributed by atoms with Gasteiger partial charge in [-0.25, -0.2) is 9.13 Å². The van der Waals surface area contributed by atoms with Crippen LogP contribution in [-0.2, 0) is 18.0 Å². The molecule has 0 aliphatic carbocycles. The Kier molecular flexibility index (Phi) is 3.89. The van der Waals surface area contributed by atoms with Crippen LogP contribution in [0.4, 0.5) is 0 Å². The molecule has 65 valence electrons. The van der Waals surface area contributed by atoms with Crippen LogP contribution in [0.3, 0.4) is 0 Å². The molecule has 0 amide bonds. The van der Waals surface area contributed by atoms with Crippen molar-refractivity contribution in [2.24, 2.45) is 0 Å². The number of hydrogen-bond donors (Lipinski definition) is 4. The molecule has 0 heterocycles. The van der Waals surface area contributed by atoms with E-state index in [1.165, 1.54) is 0 Å². The van der Waals surface area contributed by atoms with Crippen LogP contribution in [0, 0.1) is 0 Å². The van der Waals surface area contributed by atoms with Gasteiger partial charge in [0.1, 0.15) is 0 Å². The second kappa shape index (κ2) is 3.80. The topological polar surface area (TPSA) is 134 Å². The van der Waals surface area contributed by atoms with Gasteiger partial charge >= 0.3 is 23.3 Å². The molecule has 8 nitrogen and oxygen atoms in total. The van der Waals surface area contributed by atoms with Crippen molar-refractivity contribution in [1.29, 1.82) is 0 Å². The first kappa shape index (κ1) is 11.3. The highest BCUT2D eigenvalue weighted by Crippen LogP contribution is 2.39. The summed E-state index contributed by atoms with van der Waals surface area (Å²) in [6.07, 6.45) is 0. The summed E-state index contributed by atoms with van der Waals surface area (Å²) in [7, 11) is -9.66. The van der Waals surface area contributed by atoms with Crippen LogP contribution in [0.1, 0.15) is 0 Å². The van der Waals surface area contributed by atoms with Gasteiger partial charge in [-0.05, 0) is 0 Å². The number of hydrogen-bond acceptors (Lipinski definition) is 4. The molecule has 4 N–H and O–H groups in total. The van der Waals surface area contributed by atoms with Gasteiger partial charge < -0.3 is 28.5 Å². The molecule has 0 fully saturated rings. The van der Waals surface area contributed by atoms with E-state index in [-0.39, 0.29) is 7.69 Å². The minimum atomic E-state index is -4.78. The molecule has 11 heteroatoms. The Morgan fingerprint density at radius 2 is 1.18 bits per heavy atom. The van der Waals surface area contributed by atoms with Crippen molar-refractivity contribution in [3.05, 3.63) is 0 Å². The molecule has 0 aliphatic rings. The summed E-state index contributed by atoms with van der Waals surface area (Å²) in [6, 6.07) is 0. The number of phosphoric acid groups is 2. The monoisotopic (exact) mass is 205 g/mol. The molecule has 0 aromatic heterocycles. The van der Waals surface area contributed by atoms with Crippen molar-refractivity contribution < 1.29 is 37.6 Å². The zero-order valence-corrected chi connectivity index (χ0v) is 6.68. The first-order valence-electron chi connectivity index (χ1n) is 2.00. The number of rotatable bonds is 4. The zero-order valence-electron chi connectivity index (χ0n) is 4.89. The second-order valence-electron chi connectivity index (χ2n) is 1.29. The third-order valence-electron chi connectivity index (χ3n) is 0.361. The van der Waals surface area contributed by atoms with Crippen molar-refractivity contribution in [2.75, 3.05) is 0 Å². The van der Waals surface area contributed by atoms with Gasteiger partial charge in [-0.1, -0.05) is 0 Å². The van der Waals surface area contributed by atoms with Crippen LogP contribution in [0.25, 0.3) is 0 Å². The highest BCUT2D eigenvalue weighted by molar-refractivity contribution is 7.49. The molecule has 0 rings (SSSR count). The maximum atomic E-state index is 9.83. The smallest absolute Gasteiger partial charge is 0.319 e. The van der Waals surface area contributed by atoms with E-state index in [1.54, 1.807) is 0 Å². The lowest BCUT2D eigenvalue weighted by atomic mass is 10.4. The molecule has 0 unspecified atom stereocenters. The van der Waals surface area contributed by atoms with Crippen LogP contribution >= 0.6 is 15.6 Å². The molecule has 0 aliphatic heterocycles. The van der Waals surface area contributed by atoms with Crippen molar-refractivity contribution in [1.82, 2.24) is 0 Å². The lowest BCUT2D eigenvalue weighted by Crippen LogP contribution is -2.00. The van der Waals surface area contributed by atoms with E-state index in [4.69, 9.17) is 19.6 Å². The molecule has 0 saturated heterocycles. The van der Waals surface area contributed by atoms with Gasteiger partial charge in [0.2, 0.25) is 0 Å². The highest BCUT2D eigenvalue weighted by Gasteiger charge is 2.21. The first-order valence-corrected chi connectivity index (χ1v) is 5.06. The molecule has 0 saturated carbocycles. The van der Waals surface area contributed by atoms with Gasteiger partial charge in [-0.15, -0.1) is 0 Å². The average Bonchev–Trinajstić information content (AvgIpc) is 1.55. The highest BCUT2D eigenvalue weighted by atomic mass is 31.2. The Morgan fingerprint density at radius 3 is 1.36 bits per heavy atom. The summed E-state index contributed by atoms with van der Waals surface area (Å²) in [6.45, 7) is 0. The zero-order chi connectivity index (χ0) is 9.12. The fourth-order valence-corrected chi connectivity index (χ4v) is 0.510. The van der Waals surface area contributed by atoms with Gasteiger partial charge in [-0.3, -0.25) is 0 Å². The molecule has 11 heavy (non-hydrogen) atoms. The predicted molar refractivity (Wildman–Crippen MR) is 32.0 cm³/mol. The molecule has 0 aromatic carbocycles. The maximum Gasteiger partial charge on any atom is 0.505 e. The Balaban J connectivity index is 3.61. The van der Waals surface area contributed by atoms with Crippen LogP contribution in [0.15, 0.2) is 0 Å². The first-order chi connectivity index (χ1) is 4.71.